The summed E-state index contributed by atoms with van der Waals surface area (Å²) in [6.07, 6.45) is 3.95. The first-order chi connectivity index (χ1) is 15.4. The van der Waals surface area contributed by atoms with Gasteiger partial charge in [-0.3, -0.25) is 14.6 Å². The van der Waals surface area contributed by atoms with Crippen molar-refractivity contribution in [1.29, 1.82) is 0 Å². The van der Waals surface area contributed by atoms with Crippen molar-refractivity contribution in [3.63, 3.8) is 0 Å². The number of rotatable bonds is 6. The third kappa shape index (κ3) is 4.35. The molecule has 1 aromatic carbocycles. The lowest BCUT2D eigenvalue weighted by Crippen LogP contribution is -2.60. The summed E-state index contributed by atoms with van der Waals surface area (Å²) >= 11 is 0. The van der Waals surface area contributed by atoms with E-state index in [0.717, 1.165) is 16.9 Å². The smallest absolute Gasteiger partial charge is 0.257 e. The number of amides is 2. The van der Waals surface area contributed by atoms with Crippen molar-refractivity contribution in [3.05, 3.63) is 59.9 Å². The number of benzene rings is 1. The van der Waals surface area contributed by atoms with E-state index in [4.69, 9.17) is 9.47 Å². The molecule has 0 unspecified atom stereocenters. The number of carbonyl (C=O) groups is 2. The van der Waals surface area contributed by atoms with Crippen LogP contribution in [-0.4, -0.2) is 65.6 Å². The summed E-state index contributed by atoms with van der Waals surface area (Å²) in [6, 6.07) is 11.6. The van der Waals surface area contributed by atoms with Gasteiger partial charge in [0.15, 0.2) is 5.60 Å². The molecule has 7 heteroatoms. The molecule has 2 aromatic rings. The standard InChI is InChI=1S/C25H31N3O4/c1-18(2)13-23(29)28-16-22(20-5-4-10-26-14-20)25(17-28)24(30)27(11-12-32-25)15-19-6-8-21(31-3)9-7-19/h4-10,14,18,22H,11-13,15-17H2,1-3H3/t22-,25-/m1/s1. The fraction of sp³-hybridized carbons (Fsp3) is 0.480. The molecule has 2 atom stereocenters. The van der Waals surface area contributed by atoms with E-state index in [9.17, 15) is 9.59 Å². The first-order valence-electron chi connectivity index (χ1n) is 11.2. The lowest BCUT2D eigenvalue weighted by Gasteiger charge is -2.42. The predicted octanol–water partition coefficient (Wildman–Crippen LogP) is 2.86. The van der Waals surface area contributed by atoms with E-state index in [1.165, 1.54) is 0 Å². The second kappa shape index (κ2) is 9.28. The van der Waals surface area contributed by atoms with E-state index in [1.54, 1.807) is 24.4 Å². The number of nitrogens with zero attached hydrogens (tertiary/aromatic N) is 3. The van der Waals surface area contributed by atoms with Crippen molar-refractivity contribution in [2.24, 2.45) is 5.92 Å². The van der Waals surface area contributed by atoms with E-state index in [2.05, 4.69) is 4.98 Å². The Bertz CT molecular complexity index is 947. The molecular formula is C25H31N3O4. The van der Waals surface area contributed by atoms with Crippen LogP contribution in [0.3, 0.4) is 0 Å². The lowest BCUT2D eigenvalue weighted by atomic mass is 9.83. The number of carbonyl (C=O) groups excluding carboxylic acids is 2. The first-order valence-corrected chi connectivity index (χ1v) is 11.2. The van der Waals surface area contributed by atoms with E-state index in [0.29, 0.717) is 32.7 Å². The van der Waals surface area contributed by atoms with Crippen molar-refractivity contribution in [2.75, 3.05) is 33.4 Å². The molecule has 2 amide bonds. The van der Waals surface area contributed by atoms with Crippen molar-refractivity contribution in [1.82, 2.24) is 14.8 Å². The van der Waals surface area contributed by atoms with Crippen LogP contribution in [0.25, 0.3) is 0 Å². The highest BCUT2D eigenvalue weighted by molar-refractivity contribution is 5.90. The topological polar surface area (TPSA) is 72.0 Å². The quantitative estimate of drug-likeness (QED) is 0.695. The number of ether oxygens (including phenoxy) is 2. The second-order valence-electron chi connectivity index (χ2n) is 9.02. The van der Waals surface area contributed by atoms with Crippen molar-refractivity contribution >= 4 is 11.8 Å². The summed E-state index contributed by atoms with van der Waals surface area (Å²) in [5.41, 5.74) is 0.868. The fourth-order valence-corrected chi connectivity index (χ4v) is 4.69. The molecule has 0 aliphatic carbocycles. The first kappa shape index (κ1) is 22.3. The average Bonchev–Trinajstić information content (AvgIpc) is 3.18. The third-order valence-electron chi connectivity index (χ3n) is 6.32. The van der Waals surface area contributed by atoms with Crippen molar-refractivity contribution in [3.8, 4) is 5.75 Å². The molecule has 2 aliphatic heterocycles. The maximum atomic E-state index is 13.9. The van der Waals surface area contributed by atoms with Gasteiger partial charge in [0.25, 0.3) is 5.91 Å². The minimum absolute atomic E-state index is 0.0618. The predicted molar refractivity (Wildman–Crippen MR) is 120 cm³/mol. The molecule has 170 valence electrons. The number of aromatic nitrogens is 1. The van der Waals surface area contributed by atoms with E-state index in [-0.39, 0.29) is 30.2 Å². The molecule has 32 heavy (non-hydrogen) atoms. The lowest BCUT2D eigenvalue weighted by molar-refractivity contribution is -0.173. The summed E-state index contributed by atoms with van der Waals surface area (Å²) in [7, 11) is 1.63. The molecule has 0 saturated carbocycles. The third-order valence-corrected chi connectivity index (χ3v) is 6.32. The Morgan fingerprint density at radius 1 is 1.28 bits per heavy atom. The monoisotopic (exact) mass is 437 g/mol. The van der Waals surface area contributed by atoms with Crippen LogP contribution >= 0.6 is 0 Å². The van der Waals surface area contributed by atoms with Crippen LogP contribution in [0.4, 0.5) is 0 Å². The summed E-state index contributed by atoms with van der Waals surface area (Å²) in [4.78, 5) is 34.7. The van der Waals surface area contributed by atoms with E-state index >= 15 is 0 Å². The molecule has 4 rings (SSSR count). The van der Waals surface area contributed by atoms with Gasteiger partial charge < -0.3 is 19.3 Å². The number of pyridine rings is 1. The van der Waals surface area contributed by atoms with Gasteiger partial charge >= 0.3 is 0 Å². The summed E-state index contributed by atoms with van der Waals surface area (Å²) in [5.74, 6) is 0.789. The Morgan fingerprint density at radius 2 is 2.06 bits per heavy atom. The minimum Gasteiger partial charge on any atom is -0.497 e. The molecule has 2 aliphatic rings. The van der Waals surface area contributed by atoms with Crippen LogP contribution in [0.2, 0.25) is 0 Å². The molecule has 0 bridgehead atoms. The van der Waals surface area contributed by atoms with Gasteiger partial charge in [0.2, 0.25) is 5.91 Å². The van der Waals surface area contributed by atoms with Crippen LogP contribution in [-0.2, 0) is 20.9 Å². The average molecular weight is 438 g/mol. The van der Waals surface area contributed by atoms with Crippen LogP contribution in [0.15, 0.2) is 48.8 Å². The van der Waals surface area contributed by atoms with Gasteiger partial charge in [0, 0.05) is 44.4 Å². The molecule has 3 heterocycles. The van der Waals surface area contributed by atoms with Gasteiger partial charge in [-0.25, -0.2) is 0 Å². The SMILES string of the molecule is COc1ccc(CN2CCO[C@@]3(CN(C(=O)CC(C)C)C[C@@H]3c3cccnc3)C2=O)cc1. The number of likely N-dealkylation sites (tertiary alicyclic amines) is 1. The van der Waals surface area contributed by atoms with Gasteiger partial charge in [-0.2, -0.15) is 0 Å². The van der Waals surface area contributed by atoms with Gasteiger partial charge in [-0.1, -0.05) is 32.0 Å². The van der Waals surface area contributed by atoms with Crippen molar-refractivity contribution < 1.29 is 19.1 Å². The van der Waals surface area contributed by atoms with Crippen LogP contribution in [0.5, 0.6) is 5.75 Å². The Labute approximate surface area is 189 Å². The highest BCUT2D eigenvalue weighted by Crippen LogP contribution is 2.42. The Morgan fingerprint density at radius 3 is 2.72 bits per heavy atom. The zero-order valence-corrected chi connectivity index (χ0v) is 19.0. The Balaban J connectivity index is 1.62. The molecule has 2 saturated heterocycles. The van der Waals surface area contributed by atoms with Crippen molar-refractivity contribution in [2.45, 2.75) is 38.3 Å². The Hall–Kier alpha value is -2.93. The second-order valence-corrected chi connectivity index (χ2v) is 9.02. The van der Waals surface area contributed by atoms with Gasteiger partial charge in [-0.15, -0.1) is 0 Å². The highest BCUT2D eigenvalue weighted by Gasteiger charge is 2.57. The number of methoxy groups -OCH3 is 1. The molecular weight excluding hydrogens is 406 g/mol. The highest BCUT2D eigenvalue weighted by atomic mass is 16.5. The molecule has 2 fully saturated rings. The zero-order valence-electron chi connectivity index (χ0n) is 19.0. The maximum Gasteiger partial charge on any atom is 0.257 e. The number of morpholine rings is 1. The van der Waals surface area contributed by atoms with Crippen LogP contribution in [0.1, 0.15) is 37.3 Å². The summed E-state index contributed by atoms with van der Waals surface area (Å²) < 4.78 is 11.5. The molecule has 7 nitrogen and oxygen atoms in total. The van der Waals surface area contributed by atoms with Crippen LogP contribution < -0.4 is 4.74 Å². The van der Waals surface area contributed by atoms with Gasteiger partial charge in [0.05, 0.1) is 20.3 Å². The Kier molecular flexibility index (Phi) is 6.46. The molecule has 1 spiro atoms. The van der Waals surface area contributed by atoms with Gasteiger partial charge in [0.1, 0.15) is 5.75 Å². The molecule has 1 aromatic heterocycles. The van der Waals surface area contributed by atoms with Crippen LogP contribution in [0, 0.1) is 5.92 Å². The summed E-state index contributed by atoms with van der Waals surface area (Å²) in [6.45, 7) is 6.24. The van der Waals surface area contributed by atoms with Gasteiger partial charge in [-0.05, 0) is 35.2 Å². The molecule has 0 N–H and O–H groups in total. The largest absolute Gasteiger partial charge is 0.497 e. The minimum atomic E-state index is -1.08. The van der Waals surface area contributed by atoms with E-state index in [1.807, 2.05) is 55.1 Å². The van der Waals surface area contributed by atoms with E-state index < -0.39 is 5.60 Å². The maximum absolute atomic E-state index is 13.9. The normalized spacial score (nSPS) is 23.2. The zero-order chi connectivity index (χ0) is 22.7. The number of hydrogen-bond donors (Lipinski definition) is 0. The fourth-order valence-electron chi connectivity index (χ4n) is 4.69. The summed E-state index contributed by atoms with van der Waals surface area (Å²) in [5, 5.41) is 0. The number of hydrogen-bond acceptors (Lipinski definition) is 5. The molecule has 0 radical (unpaired) electrons.